The van der Waals surface area contributed by atoms with Crippen LogP contribution < -0.4 is 0 Å². The molecule has 0 heterocycles. The molecule has 0 amide bonds. The third-order valence-corrected chi connectivity index (χ3v) is 3.73. The van der Waals surface area contributed by atoms with Crippen LogP contribution in [-0.4, -0.2) is 17.2 Å². The van der Waals surface area contributed by atoms with Crippen LogP contribution >= 0.6 is 11.8 Å². The molecule has 0 aromatic rings. The van der Waals surface area contributed by atoms with Crippen LogP contribution in [0.2, 0.25) is 0 Å². The third-order valence-electron chi connectivity index (χ3n) is 2.60. The molecule has 1 atom stereocenters. The van der Waals surface area contributed by atoms with Crippen LogP contribution in [-0.2, 0) is 9.59 Å². The Labute approximate surface area is 103 Å². The largest absolute Gasteiger partial charge is 0.303 e. The summed E-state index contributed by atoms with van der Waals surface area (Å²) in [7, 11) is 0. The molecule has 0 fully saturated rings. The summed E-state index contributed by atoms with van der Waals surface area (Å²) in [5.74, 6) is 0.607. The standard InChI is InChI=1S/C13H22O2S/c1-4-6-8-13(10-14,9-7-5-2)11-16-12(3)15/h4,6,10H,5,7-9,11H2,1-3H3. The topological polar surface area (TPSA) is 34.1 Å². The monoisotopic (exact) mass is 242 g/mol. The minimum Gasteiger partial charge on any atom is -0.303 e. The van der Waals surface area contributed by atoms with Gasteiger partial charge in [-0.15, -0.1) is 0 Å². The average Bonchev–Trinajstić information content (AvgIpc) is 2.29. The van der Waals surface area contributed by atoms with Crippen molar-refractivity contribution in [2.45, 2.75) is 46.5 Å². The van der Waals surface area contributed by atoms with Gasteiger partial charge in [0.15, 0.2) is 5.12 Å². The van der Waals surface area contributed by atoms with Gasteiger partial charge >= 0.3 is 0 Å². The van der Waals surface area contributed by atoms with Gasteiger partial charge in [0.05, 0.1) is 0 Å². The number of carbonyl (C=O) groups is 2. The lowest BCUT2D eigenvalue weighted by Gasteiger charge is -2.25. The van der Waals surface area contributed by atoms with Crippen LogP contribution in [0.25, 0.3) is 0 Å². The molecular formula is C13H22O2S. The van der Waals surface area contributed by atoms with Crippen LogP contribution in [0.15, 0.2) is 12.2 Å². The minimum atomic E-state index is -0.348. The molecule has 92 valence electrons. The van der Waals surface area contributed by atoms with E-state index in [2.05, 4.69) is 6.92 Å². The molecule has 0 saturated heterocycles. The maximum Gasteiger partial charge on any atom is 0.185 e. The number of aldehydes is 1. The third kappa shape index (κ3) is 6.11. The smallest absolute Gasteiger partial charge is 0.185 e. The van der Waals surface area contributed by atoms with Gasteiger partial charge in [0.2, 0.25) is 0 Å². The van der Waals surface area contributed by atoms with Gasteiger partial charge in [-0.2, -0.15) is 0 Å². The van der Waals surface area contributed by atoms with E-state index < -0.39 is 0 Å². The molecule has 2 nitrogen and oxygen atoms in total. The van der Waals surface area contributed by atoms with Gasteiger partial charge in [-0.1, -0.05) is 43.7 Å². The van der Waals surface area contributed by atoms with E-state index in [0.717, 1.165) is 32.0 Å². The van der Waals surface area contributed by atoms with Crippen molar-refractivity contribution in [2.24, 2.45) is 5.41 Å². The fourth-order valence-corrected chi connectivity index (χ4v) is 2.32. The fraction of sp³-hybridized carbons (Fsp3) is 0.692. The van der Waals surface area contributed by atoms with Gasteiger partial charge in [0, 0.05) is 18.1 Å². The van der Waals surface area contributed by atoms with E-state index in [0.29, 0.717) is 5.75 Å². The van der Waals surface area contributed by atoms with Crippen molar-refractivity contribution in [3.05, 3.63) is 12.2 Å². The number of hydrogen-bond donors (Lipinski definition) is 0. The van der Waals surface area contributed by atoms with E-state index in [1.54, 1.807) is 6.92 Å². The number of unbranched alkanes of at least 4 members (excludes halogenated alkanes) is 1. The summed E-state index contributed by atoms with van der Waals surface area (Å²) in [4.78, 5) is 22.3. The summed E-state index contributed by atoms with van der Waals surface area (Å²) >= 11 is 1.26. The molecule has 0 N–H and O–H groups in total. The zero-order chi connectivity index (χ0) is 12.4. The van der Waals surface area contributed by atoms with Gasteiger partial charge in [-0.25, -0.2) is 0 Å². The SMILES string of the molecule is CC=CCC(C=O)(CCCC)CSC(C)=O. The minimum absolute atomic E-state index is 0.0863. The normalized spacial score (nSPS) is 14.9. The summed E-state index contributed by atoms with van der Waals surface area (Å²) in [5, 5.41) is 0.0863. The second kappa shape index (κ2) is 8.57. The second-order valence-electron chi connectivity index (χ2n) is 4.14. The summed E-state index contributed by atoms with van der Waals surface area (Å²) in [6.07, 6.45) is 8.75. The van der Waals surface area contributed by atoms with Gasteiger partial charge in [-0.05, 0) is 19.8 Å². The molecule has 16 heavy (non-hydrogen) atoms. The highest BCUT2D eigenvalue weighted by atomic mass is 32.2. The summed E-state index contributed by atoms with van der Waals surface area (Å²) in [6.45, 7) is 5.62. The lowest BCUT2D eigenvalue weighted by molar-refractivity contribution is -0.115. The first-order valence-electron chi connectivity index (χ1n) is 5.81. The van der Waals surface area contributed by atoms with Crippen molar-refractivity contribution >= 4 is 23.2 Å². The van der Waals surface area contributed by atoms with Gasteiger partial charge < -0.3 is 4.79 Å². The number of rotatable bonds is 8. The Kier molecular flexibility index (Phi) is 8.26. The van der Waals surface area contributed by atoms with E-state index in [-0.39, 0.29) is 10.5 Å². The van der Waals surface area contributed by atoms with Gasteiger partial charge in [-0.3, -0.25) is 4.79 Å². The van der Waals surface area contributed by atoms with Crippen molar-refractivity contribution in [3.63, 3.8) is 0 Å². The molecule has 1 unspecified atom stereocenters. The van der Waals surface area contributed by atoms with E-state index in [1.165, 1.54) is 11.8 Å². The van der Waals surface area contributed by atoms with Gasteiger partial charge in [0.1, 0.15) is 6.29 Å². The van der Waals surface area contributed by atoms with Crippen LogP contribution in [0.4, 0.5) is 0 Å². The first-order chi connectivity index (χ1) is 7.60. The first-order valence-corrected chi connectivity index (χ1v) is 6.79. The first kappa shape index (κ1) is 15.4. The number of allylic oxidation sites excluding steroid dienone is 2. The molecule has 0 aliphatic carbocycles. The molecule has 0 aromatic carbocycles. The Balaban J connectivity index is 4.51. The summed E-state index contributed by atoms with van der Waals surface area (Å²) < 4.78 is 0. The molecule has 0 aliphatic heterocycles. The lowest BCUT2D eigenvalue weighted by atomic mass is 9.83. The molecule has 0 spiro atoms. The lowest BCUT2D eigenvalue weighted by Crippen LogP contribution is -2.25. The molecular weight excluding hydrogens is 220 g/mol. The quantitative estimate of drug-likeness (QED) is 0.481. The Morgan fingerprint density at radius 1 is 1.44 bits per heavy atom. The molecule has 0 aliphatic rings. The van der Waals surface area contributed by atoms with E-state index >= 15 is 0 Å². The number of carbonyl (C=O) groups excluding carboxylic acids is 2. The molecule has 0 saturated carbocycles. The maximum atomic E-state index is 11.3. The number of hydrogen-bond acceptors (Lipinski definition) is 3. The zero-order valence-electron chi connectivity index (χ0n) is 10.5. The Morgan fingerprint density at radius 3 is 2.56 bits per heavy atom. The highest BCUT2D eigenvalue weighted by Gasteiger charge is 2.28. The maximum absolute atomic E-state index is 11.3. The van der Waals surface area contributed by atoms with Crippen molar-refractivity contribution in [2.75, 3.05) is 5.75 Å². The van der Waals surface area contributed by atoms with Crippen molar-refractivity contribution < 1.29 is 9.59 Å². The van der Waals surface area contributed by atoms with Crippen molar-refractivity contribution in [3.8, 4) is 0 Å². The number of thioether (sulfide) groups is 1. The predicted molar refractivity (Wildman–Crippen MR) is 70.6 cm³/mol. The van der Waals surface area contributed by atoms with Crippen LogP contribution in [0.1, 0.15) is 46.5 Å². The molecule has 0 radical (unpaired) electrons. The Morgan fingerprint density at radius 2 is 2.12 bits per heavy atom. The van der Waals surface area contributed by atoms with Crippen LogP contribution in [0, 0.1) is 5.41 Å². The molecule has 0 aromatic heterocycles. The molecule has 0 rings (SSSR count). The fourth-order valence-electron chi connectivity index (χ4n) is 1.50. The van der Waals surface area contributed by atoms with Gasteiger partial charge in [0.25, 0.3) is 0 Å². The van der Waals surface area contributed by atoms with Crippen LogP contribution in [0.3, 0.4) is 0 Å². The Hall–Kier alpha value is -0.570. The highest BCUT2D eigenvalue weighted by Crippen LogP contribution is 2.31. The second-order valence-corrected chi connectivity index (χ2v) is 5.29. The van der Waals surface area contributed by atoms with Crippen LogP contribution in [0.5, 0.6) is 0 Å². The van der Waals surface area contributed by atoms with E-state index in [1.807, 2.05) is 19.1 Å². The average molecular weight is 242 g/mol. The molecule has 3 heteroatoms. The van der Waals surface area contributed by atoms with E-state index in [9.17, 15) is 9.59 Å². The van der Waals surface area contributed by atoms with E-state index in [4.69, 9.17) is 0 Å². The predicted octanol–water partition coefficient (Wildman–Crippen LogP) is 3.61. The summed E-state index contributed by atoms with van der Waals surface area (Å²) in [5.41, 5.74) is -0.348. The molecule has 0 bridgehead atoms. The van der Waals surface area contributed by atoms with Crippen molar-refractivity contribution in [1.29, 1.82) is 0 Å². The van der Waals surface area contributed by atoms with Crippen molar-refractivity contribution in [1.82, 2.24) is 0 Å². The highest BCUT2D eigenvalue weighted by molar-refractivity contribution is 8.13. The Bertz CT molecular complexity index is 248. The summed E-state index contributed by atoms with van der Waals surface area (Å²) in [6, 6.07) is 0. The zero-order valence-corrected chi connectivity index (χ0v) is 11.3.